The van der Waals surface area contributed by atoms with Gasteiger partial charge in [-0.3, -0.25) is 4.79 Å². The third-order valence-electron chi connectivity index (χ3n) is 2.85. The summed E-state index contributed by atoms with van der Waals surface area (Å²) in [6.07, 6.45) is 0.534. The van der Waals surface area contributed by atoms with Gasteiger partial charge in [0.2, 0.25) is 0 Å². The van der Waals surface area contributed by atoms with Crippen molar-refractivity contribution in [1.82, 2.24) is 4.90 Å². The number of nitrogens with zero attached hydrogens (tertiary/aromatic N) is 1. The van der Waals surface area contributed by atoms with Crippen molar-refractivity contribution in [3.8, 4) is 0 Å². The second-order valence-electron chi connectivity index (χ2n) is 4.21. The van der Waals surface area contributed by atoms with E-state index in [9.17, 15) is 9.59 Å². The minimum absolute atomic E-state index is 0.215. The fourth-order valence-electron chi connectivity index (χ4n) is 1.76. The molecule has 1 aliphatic rings. The summed E-state index contributed by atoms with van der Waals surface area (Å²) in [5, 5.41) is 0. The van der Waals surface area contributed by atoms with E-state index in [4.69, 9.17) is 4.74 Å². The van der Waals surface area contributed by atoms with E-state index in [0.717, 1.165) is 10.0 Å². The van der Waals surface area contributed by atoms with Crippen LogP contribution in [0.2, 0.25) is 0 Å². The van der Waals surface area contributed by atoms with Crippen molar-refractivity contribution in [2.45, 2.75) is 19.4 Å². The van der Waals surface area contributed by atoms with Crippen LogP contribution in [0, 0.1) is 0 Å². The summed E-state index contributed by atoms with van der Waals surface area (Å²) in [6, 6.07) is 7.61. The molecule has 0 saturated carbocycles. The first-order chi connectivity index (χ1) is 8.65. The lowest BCUT2D eigenvalue weighted by Crippen LogP contribution is -2.38. The monoisotopic (exact) mass is 311 g/mol. The number of hydrogen-bond donors (Lipinski definition) is 0. The number of carbonyl (C=O) groups is 2. The third-order valence-corrected chi connectivity index (χ3v) is 3.38. The van der Waals surface area contributed by atoms with E-state index in [0.29, 0.717) is 25.9 Å². The Hall–Kier alpha value is -1.36. The molecule has 2 rings (SSSR count). The summed E-state index contributed by atoms with van der Waals surface area (Å²) < 4.78 is 6.20. The van der Waals surface area contributed by atoms with Crippen molar-refractivity contribution in [3.05, 3.63) is 34.3 Å². The fraction of sp³-hybridized carbons (Fsp3) is 0.385. The molecule has 1 aromatic carbocycles. The summed E-state index contributed by atoms with van der Waals surface area (Å²) in [6.45, 7) is 1.20. The van der Waals surface area contributed by atoms with Gasteiger partial charge in [-0.05, 0) is 17.7 Å². The number of likely N-dealkylation sites (tertiary alicyclic amines) is 1. The molecule has 4 nitrogen and oxygen atoms in total. The Kier molecular flexibility index (Phi) is 4.36. The number of Topliss-reactive ketones (excluding diaryl/α,β-unsaturated/α-hetero) is 1. The van der Waals surface area contributed by atoms with E-state index in [2.05, 4.69) is 15.9 Å². The normalized spacial score (nSPS) is 15.6. The first-order valence-electron chi connectivity index (χ1n) is 5.83. The molecule has 0 bridgehead atoms. The quantitative estimate of drug-likeness (QED) is 0.843. The standard InChI is InChI=1S/C13H14BrNO3/c14-11-3-1-10(2-4-11)9-18-13(17)15-7-5-12(16)6-8-15/h1-4H,5-9H2. The number of amides is 1. The van der Waals surface area contributed by atoms with Gasteiger partial charge in [0, 0.05) is 30.4 Å². The molecule has 5 heteroatoms. The second-order valence-corrected chi connectivity index (χ2v) is 5.12. The molecule has 0 aromatic heterocycles. The zero-order valence-electron chi connectivity index (χ0n) is 9.89. The molecule has 0 radical (unpaired) electrons. The van der Waals surface area contributed by atoms with Gasteiger partial charge in [0.25, 0.3) is 0 Å². The molecular weight excluding hydrogens is 298 g/mol. The largest absolute Gasteiger partial charge is 0.445 e. The van der Waals surface area contributed by atoms with Gasteiger partial charge in [-0.2, -0.15) is 0 Å². The van der Waals surface area contributed by atoms with E-state index < -0.39 is 0 Å². The van der Waals surface area contributed by atoms with E-state index in [1.54, 1.807) is 4.90 Å². The van der Waals surface area contributed by atoms with Crippen molar-refractivity contribution in [2.75, 3.05) is 13.1 Å². The van der Waals surface area contributed by atoms with E-state index >= 15 is 0 Å². The molecule has 0 spiro atoms. The smallest absolute Gasteiger partial charge is 0.410 e. The first-order valence-corrected chi connectivity index (χ1v) is 6.62. The number of halogens is 1. The van der Waals surface area contributed by atoms with Crippen LogP contribution in [0.3, 0.4) is 0 Å². The lowest BCUT2D eigenvalue weighted by molar-refractivity contribution is -0.121. The third kappa shape index (κ3) is 3.57. The van der Waals surface area contributed by atoms with E-state index in [1.807, 2.05) is 24.3 Å². The van der Waals surface area contributed by atoms with Gasteiger partial charge in [-0.25, -0.2) is 4.79 Å². The molecule has 1 heterocycles. The van der Waals surface area contributed by atoms with Crippen LogP contribution in [0.4, 0.5) is 4.79 Å². The van der Waals surface area contributed by atoms with Crippen LogP contribution in [0.5, 0.6) is 0 Å². The topological polar surface area (TPSA) is 46.6 Å². The molecule has 0 unspecified atom stereocenters. The number of carbonyl (C=O) groups excluding carboxylic acids is 2. The number of benzene rings is 1. The SMILES string of the molecule is O=C1CCN(C(=O)OCc2ccc(Br)cc2)CC1. The summed E-state index contributed by atoms with van der Waals surface area (Å²) in [7, 11) is 0. The predicted molar refractivity (Wildman–Crippen MR) is 70.1 cm³/mol. The number of ether oxygens (including phenoxy) is 1. The van der Waals surface area contributed by atoms with Crippen molar-refractivity contribution in [2.24, 2.45) is 0 Å². The number of ketones is 1. The summed E-state index contributed by atoms with van der Waals surface area (Å²) >= 11 is 3.35. The Morgan fingerprint density at radius 2 is 1.83 bits per heavy atom. The van der Waals surface area contributed by atoms with Gasteiger partial charge in [-0.1, -0.05) is 28.1 Å². The van der Waals surface area contributed by atoms with Crippen LogP contribution < -0.4 is 0 Å². The minimum atomic E-state index is -0.342. The maximum Gasteiger partial charge on any atom is 0.410 e. The highest BCUT2D eigenvalue weighted by Crippen LogP contribution is 2.12. The maximum atomic E-state index is 11.7. The average Bonchev–Trinajstić information content (AvgIpc) is 2.38. The molecule has 1 aliphatic heterocycles. The fourth-order valence-corrected chi connectivity index (χ4v) is 2.02. The molecule has 0 N–H and O–H groups in total. The zero-order chi connectivity index (χ0) is 13.0. The lowest BCUT2D eigenvalue weighted by atomic mass is 10.1. The predicted octanol–water partition coefficient (Wildman–Crippen LogP) is 2.75. The van der Waals surface area contributed by atoms with Crippen molar-refractivity contribution in [3.63, 3.8) is 0 Å². The van der Waals surface area contributed by atoms with Gasteiger partial charge in [0.05, 0.1) is 0 Å². The molecule has 0 atom stereocenters. The molecule has 0 aliphatic carbocycles. The van der Waals surface area contributed by atoms with Crippen LogP contribution in [0.1, 0.15) is 18.4 Å². The maximum absolute atomic E-state index is 11.7. The Morgan fingerprint density at radius 1 is 1.22 bits per heavy atom. The highest BCUT2D eigenvalue weighted by Gasteiger charge is 2.21. The second kappa shape index (κ2) is 6.00. The summed E-state index contributed by atoms with van der Waals surface area (Å²) in [4.78, 5) is 24.4. The van der Waals surface area contributed by atoms with Crippen LogP contribution in [-0.4, -0.2) is 29.9 Å². The summed E-state index contributed by atoms with van der Waals surface area (Å²) in [5.74, 6) is 0.215. The first kappa shape index (κ1) is 13.1. The van der Waals surface area contributed by atoms with Gasteiger partial charge < -0.3 is 9.64 Å². The van der Waals surface area contributed by atoms with Gasteiger partial charge in [0.15, 0.2) is 0 Å². The molecule has 96 valence electrons. The number of hydrogen-bond acceptors (Lipinski definition) is 3. The number of rotatable bonds is 2. The average molecular weight is 312 g/mol. The molecule has 1 saturated heterocycles. The molecule has 1 fully saturated rings. The molecule has 18 heavy (non-hydrogen) atoms. The van der Waals surface area contributed by atoms with Crippen LogP contribution in [-0.2, 0) is 16.1 Å². The summed E-state index contributed by atoms with van der Waals surface area (Å²) in [5.41, 5.74) is 0.944. The van der Waals surface area contributed by atoms with E-state index in [-0.39, 0.29) is 18.5 Å². The zero-order valence-corrected chi connectivity index (χ0v) is 11.5. The van der Waals surface area contributed by atoms with Gasteiger partial charge in [-0.15, -0.1) is 0 Å². The van der Waals surface area contributed by atoms with Crippen molar-refractivity contribution >= 4 is 27.8 Å². The van der Waals surface area contributed by atoms with Crippen molar-refractivity contribution < 1.29 is 14.3 Å². The highest BCUT2D eigenvalue weighted by molar-refractivity contribution is 9.10. The van der Waals surface area contributed by atoms with Gasteiger partial charge in [0.1, 0.15) is 12.4 Å². The van der Waals surface area contributed by atoms with Crippen LogP contribution in [0.15, 0.2) is 28.7 Å². The molecule has 1 amide bonds. The molecular formula is C13H14BrNO3. The van der Waals surface area contributed by atoms with Crippen molar-refractivity contribution in [1.29, 1.82) is 0 Å². The molecule has 1 aromatic rings. The highest BCUT2D eigenvalue weighted by atomic mass is 79.9. The Morgan fingerprint density at radius 3 is 2.44 bits per heavy atom. The Labute approximate surface area is 114 Å². The Balaban J connectivity index is 1.81. The van der Waals surface area contributed by atoms with E-state index in [1.165, 1.54) is 0 Å². The minimum Gasteiger partial charge on any atom is -0.445 e. The number of piperidine rings is 1. The Bertz CT molecular complexity index is 434. The lowest BCUT2D eigenvalue weighted by Gasteiger charge is -2.25. The van der Waals surface area contributed by atoms with Crippen LogP contribution in [0.25, 0.3) is 0 Å². The van der Waals surface area contributed by atoms with Gasteiger partial charge >= 0.3 is 6.09 Å². The van der Waals surface area contributed by atoms with Crippen LogP contribution >= 0.6 is 15.9 Å².